The summed E-state index contributed by atoms with van der Waals surface area (Å²) in [6.45, 7) is 5.60. The molecule has 0 bridgehead atoms. The van der Waals surface area contributed by atoms with E-state index < -0.39 is 35.1 Å². The highest BCUT2D eigenvalue weighted by Crippen LogP contribution is 2.29. The van der Waals surface area contributed by atoms with Gasteiger partial charge in [0.2, 0.25) is 11.6 Å². The van der Waals surface area contributed by atoms with Gasteiger partial charge in [0.25, 0.3) is 5.91 Å². The van der Waals surface area contributed by atoms with Crippen molar-refractivity contribution in [1.29, 1.82) is 0 Å². The Bertz CT molecular complexity index is 540. The Morgan fingerprint density at radius 2 is 2.00 bits per heavy atom. The largest absolute Gasteiger partial charge is 0.385 e. The van der Waals surface area contributed by atoms with Crippen LogP contribution in [-0.2, 0) is 19.1 Å². The number of hydrogen-bond acceptors (Lipinski definition) is 6. The highest BCUT2D eigenvalue weighted by atomic mass is 16.6. The first-order valence-electron chi connectivity index (χ1n) is 7.70. The molecule has 2 saturated heterocycles. The molecular formula is C15H22N2O6. The van der Waals surface area contributed by atoms with Gasteiger partial charge in [-0.25, -0.2) is 4.79 Å². The first kappa shape index (κ1) is 17.6. The maximum Gasteiger partial charge on any atom is 0.327 e. The number of carbonyl (C=O) groups excluding carboxylic acids is 4. The minimum absolute atomic E-state index is 0.0473. The Morgan fingerprint density at radius 3 is 2.52 bits per heavy atom. The quantitative estimate of drug-likeness (QED) is 0.374. The lowest BCUT2D eigenvalue weighted by molar-refractivity contribution is -0.142. The molecule has 2 atom stereocenters. The molecule has 2 heterocycles. The first-order chi connectivity index (χ1) is 10.7. The Labute approximate surface area is 134 Å². The summed E-state index contributed by atoms with van der Waals surface area (Å²) in [5.74, 6) is -2.06. The van der Waals surface area contributed by atoms with Crippen LogP contribution in [0.1, 0.15) is 33.6 Å². The highest BCUT2D eigenvalue weighted by molar-refractivity contribution is 6.38. The maximum atomic E-state index is 12.4. The molecule has 128 valence electrons. The molecule has 2 aliphatic heterocycles. The number of rotatable bonds is 8. The minimum atomic E-state index is -1.33. The van der Waals surface area contributed by atoms with Crippen molar-refractivity contribution in [2.45, 2.75) is 51.4 Å². The third-order valence-electron chi connectivity index (χ3n) is 4.22. The number of epoxide rings is 1. The van der Waals surface area contributed by atoms with Crippen LogP contribution in [0, 0.1) is 0 Å². The molecule has 0 aromatic rings. The third-order valence-corrected chi connectivity index (χ3v) is 4.22. The molecule has 3 amide bonds. The van der Waals surface area contributed by atoms with Gasteiger partial charge in [-0.2, -0.15) is 0 Å². The second-order valence-corrected chi connectivity index (χ2v) is 6.33. The summed E-state index contributed by atoms with van der Waals surface area (Å²) >= 11 is 0. The predicted octanol–water partition coefficient (Wildman–Crippen LogP) is -0.273. The van der Waals surface area contributed by atoms with Gasteiger partial charge >= 0.3 is 6.03 Å². The molecule has 2 unspecified atom stereocenters. The number of hydrogen-bond donors (Lipinski definition) is 1. The van der Waals surface area contributed by atoms with Gasteiger partial charge in [-0.1, -0.05) is 6.92 Å². The molecule has 0 aromatic carbocycles. The molecule has 0 aliphatic carbocycles. The van der Waals surface area contributed by atoms with E-state index in [1.165, 1.54) is 4.90 Å². The van der Waals surface area contributed by atoms with Crippen molar-refractivity contribution in [2.75, 3.05) is 19.7 Å². The number of carbonyl (C=O) groups is 4. The van der Waals surface area contributed by atoms with Gasteiger partial charge in [-0.3, -0.25) is 19.3 Å². The molecule has 0 radical (unpaired) electrons. The van der Waals surface area contributed by atoms with E-state index in [0.29, 0.717) is 13.2 Å². The van der Waals surface area contributed by atoms with E-state index >= 15 is 0 Å². The average molecular weight is 326 g/mol. The number of ketones is 2. The SMILES string of the molecule is CCC(O)C(=O)C(=O)CCN1C(=O)N(CC2CO2)C(C)(C)C1=O. The molecule has 0 spiro atoms. The third kappa shape index (κ3) is 3.42. The summed E-state index contributed by atoms with van der Waals surface area (Å²) in [6.07, 6.45) is -1.51. The summed E-state index contributed by atoms with van der Waals surface area (Å²) in [5, 5.41) is 9.38. The number of imide groups is 1. The minimum Gasteiger partial charge on any atom is -0.385 e. The van der Waals surface area contributed by atoms with Gasteiger partial charge in [0.05, 0.1) is 19.3 Å². The second-order valence-electron chi connectivity index (χ2n) is 6.33. The summed E-state index contributed by atoms with van der Waals surface area (Å²) < 4.78 is 5.10. The average Bonchev–Trinajstić information content (AvgIpc) is 3.31. The van der Waals surface area contributed by atoms with E-state index in [-0.39, 0.29) is 25.5 Å². The van der Waals surface area contributed by atoms with Crippen LogP contribution in [0.5, 0.6) is 0 Å². The van der Waals surface area contributed by atoms with E-state index in [2.05, 4.69) is 0 Å². The number of aliphatic hydroxyl groups excluding tert-OH is 1. The summed E-state index contributed by atoms with van der Waals surface area (Å²) in [5.41, 5.74) is -1.00. The summed E-state index contributed by atoms with van der Waals surface area (Å²) in [6, 6.07) is -0.480. The first-order valence-corrected chi connectivity index (χ1v) is 7.70. The van der Waals surface area contributed by atoms with Crippen molar-refractivity contribution in [3.8, 4) is 0 Å². The van der Waals surface area contributed by atoms with E-state index in [4.69, 9.17) is 4.74 Å². The lowest BCUT2D eigenvalue weighted by Gasteiger charge is -2.26. The smallest absolute Gasteiger partial charge is 0.327 e. The van der Waals surface area contributed by atoms with Crippen LogP contribution >= 0.6 is 0 Å². The van der Waals surface area contributed by atoms with Crippen LogP contribution in [0.15, 0.2) is 0 Å². The number of Topliss-reactive ketones (excluding diaryl/α,β-unsaturated/α-hetero) is 2. The summed E-state index contributed by atoms with van der Waals surface area (Å²) in [7, 11) is 0. The molecule has 8 heteroatoms. The van der Waals surface area contributed by atoms with Crippen LogP contribution in [-0.4, -0.2) is 75.9 Å². The molecule has 23 heavy (non-hydrogen) atoms. The number of ether oxygens (including phenoxy) is 1. The second kappa shape index (κ2) is 6.37. The molecule has 2 rings (SSSR count). The number of aliphatic hydroxyl groups is 1. The standard InChI is InChI=1S/C15H22N2O6/c1-4-10(18)12(20)11(19)5-6-16-13(21)15(2,3)17(14(16)22)7-9-8-23-9/h9-10,18H,4-8H2,1-3H3. The van der Waals surface area contributed by atoms with Crippen molar-refractivity contribution < 1.29 is 29.0 Å². The van der Waals surface area contributed by atoms with Crippen molar-refractivity contribution in [3.05, 3.63) is 0 Å². The molecule has 1 N–H and O–H groups in total. The molecule has 0 aromatic heterocycles. The van der Waals surface area contributed by atoms with Gasteiger partial charge in [-0.15, -0.1) is 0 Å². The molecule has 0 saturated carbocycles. The topological polar surface area (TPSA) is 108 Å². The molecule has 2 aliphatic rings. The number of amides is 3. The zero-order valence-corrected chi connectivity index (χ0v) is 13.6. The van der Waals surface area contributed by atoms with Gasteiger partial charge < -0.3 is 14.7 Å². The number of nitrogens with zero attached hydrogens (tertiary/aromatic N) is 2. The van der Waals surface area contributed by atoms with Gasteiger partial charge in [-0.05, 0) is 20.3 Å². The zero-order chi connectivity index (χ0) is 17.4. The molecule has 8 nitrogen and oxygen atoms in total. The lowest BCUT2D eigenvalue weighted by atomic mass is 10.0. The van der Waals surface area contributed by atoms with E-state index in [9.17, 15) is 24.3 Å². The Balaban J connectivity index is 1.99. The van der Waals surface area contributed by atoms with Gasteiger partial charge in [0.1, 0.15) is 11.6 Å². The van der Waals surface area contributed by atoms with Gasteiger partial charge in [0.15, 0.2) is 0 Å². The number of urea groups is 1. The Kier molecular flexibility index (Phi) is 4.86. The van der Waals surface area contributed by atoms with E-state index in [1.807, 2.05) is 0 Å². The summed E-state index contributed by atoms with van der Waals surface area (Å²) in [4.78, 5) is 50.5. The highest BCUT2D eigenvalue weighted by Gasteiger charge is 2.52. The van der Waals surface area contributed by atoms with Crippen LogP contribution in [0.25, 0.3) is 0 Å². The van der Waals surface area contributed by atoms with Crippen molar-refractivity contribution in [1.82, 2.24) is 9.80 Å². The molecule has 2 fully saturated rings. The van der Waals surface area contributed by atoms with Crippen LogP contribution in [0.4, 0.5) is 4.79 Å². The fourth-order valence-electron chi connectivity index (χ4n) is 2.51. The van der Waals surface area contributed by atoms with Gasteiger partial charge in [0, 0.05) is 13.0 Å². The lowest BCUT2D eigenvalue weighted by Crippen LogP contribution is -2.45. The van der Waals surface area contributed by atoms with Crippen molar-refractivity contribution in [2.24, 2.45) is 0 Å². The fourth-order valence-corrected chi connectivity index (χ4v) is 2.51. The predicted molar refractivity (Wildman–Crippen MR) is 78.6 cm³/mol. The molecular weight excluding hydrogens is 304 g/mol. The van der Waals surface area contributed by atoms with Crippen LogP contribution in [0.2, 0.25) is 0 Å². The zero-order valence-electron chi connectivity index (χ0n) is 13.6. The van der Waals surface area contributed by atoms with Crippen molar-refractivity contribution in [3.63, 3.8) is 0 Å². The Hall–Kier alpha value is -1.80. The maximum absolute atomic E-state index is 12.4. The van der Waals surface area contributed by atoms with Crippen molar-refractivity contribution >= 4 is 23.5 Å². The Morgan fingerprint density at radius 1 is 1.39 bits per heavy atom. The monoisotopic (exact) mass is 326 g/mol. The van der Waals surface area contributed by atoms with E-state index in [0.717, 1.165) is 4.90 Å². The normalized spacial score (nSPS) is 24.1. The van der Waals surface area contributed by atoms with Crippen LogP contribution < -0.4 is 0 Å². The van der Waals surface area contributed by atoms with E-state index in [1.54, 1.807) is 20.8 Å². The fraction of sp³-hybridized carbons (Fsp3) is 0.733. The van der Waals surface area contributed by atoms with Crippen LogP contribution in [0.3, 0.4) is 0 Å².